The van der Waals surface area contributed by atoms with E-state index in [-0.39, 0.29) is 16.7 Å². The highest BCUT2D eigenvalue weighted by atomic mass is 35.5. The van der Waals surface area contributed by atoms with Crippen LogP contribution in [0.3, 0.4) is 0 Å². The van der Waals surface area contributed by atoms with Gasteiger partial charge in [-0.3, -0.25) is 4.79 Å². The van der Waals surface area contributed by atoms with Gasteiger partial charge in [0.2, 0.25) is 0 Å². The van der Waals surface area contributed by atoms with Crippen LogP contribution in [0, 0.1) is 0 Å². The summed E-state index contributed by atoms with van der Waals surface area (Å²) in [6.07, 6.45) is 3.67. The number of phenolic OH excluding ortho intramolecular Hbond substituents is 1. The fraction of sp³-hybridized carbons (Fsp3) is 0.214. The van der Waals surface area contributed by atoms with Gasteiger partial charge in [0.15, 0.2) is 5.76 Å². The van der Waals surface area contributed by atoms with Gasteiger partial charge >= 0.3 is 0 Å². The Morgan fingerprint density at radius 1 is 1.45 bits per heavy atom. The number of nitrogens with one attached hydrogen (secondary N) is 1. The second-order valence-corrected chi connectivity index (χ2v) is 4.88. The Morgan fingerprint density at radius 2 is 2.30 bits per heavy atom. The van der Waals surface area contributed by atoms with Gasteiger partial charge in [0.1, 0.15) is 12.4 Å². The van der Waals surface area contributed by atoms with Crippen molar-refractivity contribution in [1.82, 2.24) is 10.2 Å². The van der Waals surface area contributed by atoms with E-state index in [1.807, 2.05) is 6.08 Å². The van der Waals surface area contributed by atoms with Crippen molar-refractivity contribution in [3.63, 3.8) is 0 Å². The summed E-state index contributed by atoms with van der Waals surface area (Å²) >= 11 is 5.85. The average molecular weight is 293 g/mol. The number of hydrogen-bond acceptors (Lipinski definition) is 4. The number of halogens is 1. The molecular weight excluding hydrogens is 280 g/mol. The minimum Gasteiger partial charge on any atom is -0.506 e. The van der Waals surface area contributed by atoms with Crippen LogP contribution >= 0.6 is 11.6 Å². The van der Waals surface area contributed by atoms with Crippen molar-refractivity contribution in [3.05, 3.63) is 52.5 Å². The Bertz CT molecular complexity index is 625. The van der Waals surface area contributed by atoms with Crippen molar-refractivity contribution >= 4 is 17.5 Å². The Morgan fingerprint density at radius 3 is 3.10 bits per heavy atom. The van der Waals surface area contributed by atoms with Crippen molar-refractivity contribution in [3.8, 4) is 5.75 Å². The number of benzene rings is 1. The van der Waals surface area contributed by atoms with Gasteiger partial charge in [-0.15, -0.1) is 0 Å². The number of amides is 1. The van der Waals surface area contributed by atoms with E-state index in [1.165, 1.54) is 12.1 Å². The van der Waals surface area contributed by atoms with E-state index in [9.17, 15) is 9.90 Å². The minimum atomic E-state index is -0.158. The van der Waals surface area contributed by atoms with Gasteiger partial charge < -0.3 is 20.1 Å². The van der Waals surface area contributed by atoms with Crippen LogP contribution in [0.5, 0.6) is 5.75 Å². The Kier molecular flexibility index (Phi) is 3.28. The second kappa shape index (κ2) is 5.09. The molecule has 6 heteroatoms. The SMILES string of the molecule is O=C(c1ccc(O)c(Cl)c1)N1CCOC2=CNCC=C21. The minimum absolute atomic E-state index is 0.0353. The van der Waals surface area contributed by atoms with Crippen LogP contribution in [-0.4, -0.2) is 35.6 Å². The lowest BCUT2D eigenvalue weighted by Gasteiger charge is -2.33. The molecule has 1 saturated heterocycles. The van der Waals surface area contributed by atoms with Crippen LogP contribution in [0.15, 0.2) is 41.9 Å². The number of dihydropyridines is 1. The zero-order chi connectivity index (χ0) is 14.1. The van der Waals surface area contributed by atoms with Crippen LogP contribution in [0.1, 0.15) is 10.4 Å². The van der Waals surface area contributed by atoms with Gasteiger partial charge in [0.25, 0.3) is 5.91 Å². The first kappa shape index (κ1) is 12.9. The Labute approximate surface area is 121 Å². The fourth-order valence-electron chi connectivity index (χ4n) is 2.21. The standard InChI is InChI=1S/C14H13ClN2O3/c15-10-7-9(1-2-12(10)18)14(19)17-5-6-20-13-8-16-4-3-11(13)17/h1-3,7-8,16,18H,4-6H2. The molecule has 1 fully saturated rings. The number of morpholine rings is 1. The molecule has 2 aliphatic heterocycles. The molecule has 1 aromatic rings. The molecule has 0 aliphatic carbocycles. The van der Waals surface area contributed by atoms with E-state index in [0.717, 1.165) is 5.70 Å². The molecule has 104 valence electrons. The molecule has 5 nitrogen and oxygen atoms in total. The quantitative estimate of drug-likeness (QED) is 0.829. The number of aromatic hydroxyl groups is 1. The van der Waals surface area contributed by atoms with Crippen molar-refractivity contribution in [2.24, 2.45) is 0 Å². The Balaban J connectivity index is 1.91. The molecule has 0 aromatic heterocycles. The van der Waals surface area contributed by atoms with Crippen LogP contribution in [-0.2, 0) is 4.74 Å². The molecule has 2 N–H and O–H groups in total. The van der Waals surface area contributed by atoms with Crippen LogP contribution in [0.4, 0.5) is 0 Å². The van der Waals surface area contributed by atoms with E-state index < -0.39 is 0 Å². The first-order chi connectivity index (χ1) is 9.66. The van der Waals surface area contributed by atoms with Crippen molar-refractivity contribution in [2.75, 3.05) is 19.7 Å². The van der Waals surface area contributed by atoms with E-state index >= 15 is 0 Å². The summed E-state index contributed by atoms with van der Waals surface area (Å²) in [5.74, 6) is 0.474. The van der Waals surface area contributed by atoms with Crippen LogP contribution in [0.25, 0.3) is 0 Å². The van der Waals surface area contributed by atoms with Gasteiger partial charge in [-0.25, -0.2) is 0 Å². The summed E-state index contributed by atoms with van der Waals surface area (Å²) in [5.41, 5.74) is 1.21. The molecule has 3 rings (SSSR count). The maximum atomic E-state index is 12.6. The number of fused-ring (bicyclic) bond motifs is 1. The third-order valence-corrected chi connectivity index (χ3v) is 3.50. The number of ether oxygens (including phenoxy) is 1. The predicted octanol–water partition coefficient (Wildman–Crippen LogP) is 1.85. The first-order valence-corrected chi connectivity index (χ1v) is 6.62. The van der Waals surface area contributed by atoms with Gasteiger partial charge in [0, 0.05) is 18.3 Å². The maximum absolute atomic E-state index is 12.6. The zero-order valence-corrected chi connectivity index (χ0v) is 11.4. The maximum Gasteiger partial charge on any atom is 0.258 e. The van der Waals surface area contributed by atoms with Crippen LogP contribution < -0.4 is 5.32 Å². The highest BCUT2D eigenvalue weighted by Gasteiger charge is 2.28. The first-order valence-electron chi connectivity index (χ1n) is 6.24. The summed E-state index contributed by atoms with van der Waals surface area (Å²) in [4.78, 5) is 14.2. The van der Waals surface area contributed by atoms with E-state index in [0.29, 0.717) is 31.0 Å². The van der Waals surface area contributed by atoms with E-state index in [4.69, 9.17) is 16.3 Å². The number of carbonyl (C=O) groups is 1. The van der Waals surface area contributed by atoms with Gasteiger partial charge in [-0.1, -0.05) is 11.6 Å². The van der Waals surface area contributed by atoms with Gasteiger partial charge in [0.05, 0.1) is 17.3 Å². The molecule has 0 bridgehead atoms. The smallest absolute Gasteiger partial charge is 0.258 e. The molecule has 0 atom stereocenters. The number of nitrogens with zero attached hydrogens (tertiary/aromatic N) is 1. The number of carbonyl (C=O) groups excluding carboxylic acids is 1. The molecule has 2 aliphatic rings. The van der Waals surface area contributed by atoms with Crippen molar-refractivity contribution < 1.29 is 14.6 Å². The largest absolute Gasteiger partial charge is 0.506 e. The monoisotopic (exact) mass is 292 g/mol. The summed E-state index contributed by atoms with van der Waals surface area (Å²) in [7, 11) is 0. The molecule has 2 heterocycles. The molecule has 20 heavy (non-hydrogen) atoms. The predicted molar refractivity (Wildman–Crippen MR) is 74.3 cm³/mol. The second-order valence-electron chi connectivity index (χ2n) is 4.48. The third-order valence-electron chi connectivity index (χ3n) is 3.20. The molecule has 0 spiro atoms. The number of hydrogen-bond donors (Lipinski definition) is 2. The van der Waals surface area contributed by atoms with E-state index in [1.54, 1.807) is 17.2 Å². The number of phenols is 1. The normalized spacial score (nSPS) is 17.4. The topological polar surface area (TPSA) is 61.8 Å². The summed E-state index contributed by atoms with van der Waals surface area (Å²) < 4.78 is 5.51. The summed E-state index contributed by atoms with van der Waals surface area (Å²) in [6.45, 7) is 1.59. The highest BCUT2D eigenvalue weighted by Crippen LogP contribution is 2.28. The molecule has 0 saturated carbocycles. The van der Waals surface area contributed by atoms with Gasteiger partial charge in [-0.2, -0.15) is 0 Å². The van der Waals surface area contributed by atoms with E-state index in [2.05, 4.69) is 5.32 Å². The average Bonchev–Trinajstić information content (AvgIpc) is 2.49. The van der Waals surface area contributed by atoms with Gasteiger partial charge in [-0.05, 0) is 24.3 Å². The number of rotatable bonds is 1. The Hall–Kier alpha value is -2.14. The lowest BCUT2D eigenvalue weighted by molar-refractivity contribution is 0.0666. The lowest BCUT2D eigenvalue weighted by atomic mass is 10.1. The molecule has 1 amide bonds. The van der Waals surface area contributed by atoms with Crippen molar-refractivity contribution in [1.29, 1.82) is 0 Å². The third kappa shape index (κ3) is 2.20. The molecular formula is C14H13ClN2O3. The summed E-state index contributed by atoms with van der Waals surface area (Å²) in [5, 5.41) is 12.6. The summed E-state index contributed by atoms with van der Waals surface area (Å²) in [6, 6.07) is 4.45. The molecule has 0 unspecified atom stereocenters. The highest BCUT2D eigenvalue weighted by molar-refractivity contribution is 6.32. The fourth-order valence-corrected chi connectivity index (χ4v) is 2.40. The van der Waals surface area contributed by atoms with Crippen LogP contribution in [0.2, 0.25) is 5.02 Å². The van der Waals surface area contributed by atoms with Crippen molar-refractivity contribution in [2.45, 2.75) is 0 Å². The molecule has 1 aromatic carbocycles. The lowest BCUT2D eigenvalue weighted by Crippen LogP contribution is -2.40. The molecule has 0 radical (unpaired) electrons. The zero-order valence-electron chi connectivity index (χ0n) is 10.6.